The molecule has 5 nitrogen and oxygen atoms in total. The third kappa shape index (κ3) is 3.56. The molecule has 1 atom stereocenters. The van der Waals surface area contributed by atoms with Crippen LogP contribution in [0.3, 0.4) is 0 Å². The molecule has 0 saturated heterocycles. The maximum atomic E-state index is 12.4. The van der Waals surface area contributed by atoms with Crippen LogP contribution in [0.4, 0.5) is 0 Å². The summed E-state index contributed by atoms with van der Waals surface area (Å²) in [6.45, 7) is 5.28. The Hall–Kier alpha value is -3.05. The average Bonchev–Trinajstić information content (AvgIpc) is 2.62. The second-order valence-electron chi connectivity index (χ2n) is 5.68. The van der Waals surface area contributed by atoms with Crippen LogP contribution in [0, 0.1) is 0 Å². The number of fused-ring (bicyclic) bond motifs is 1. The zero-order valence-corrected chi connectivity index (χ0v) is 14.0. The minimum absolute atomic E-state index is 0.192. The van der Waals surface area contributed by atoms with Crippen LogP contribution in [0.5, 0.6) is 11.5 Å². The molecule has 0 amide bonds. The lowest BCUT2D eigenvalue weighted by molar-refractivity contribution is 0.0152. The molecular weight excluding hydrogens is 320 g/mol. The summed E-state index contributed by atoms with van der Waals surface area (Å²) in [5.41, 5.74) is 1.50. The zero-order valence-electron chi connectivity index (χ0n) is 14.0. The summed E-state index contributed by atoms with van der Waals surface area (Å²) in [5.74, 6) is 1.56. The average molecular weight is 338 g/mol. The van der Waals surface area contributed by atoms with Crippen molar-refractivity contribution in [2.45, 2.75) is 13.2 Å². The fraction of sp³-hybridized carbons (Fsp3) is 0.150. The van der Waals surface area contributed by atoms with Crippen LogP contribution < -0.4 is 14.9 Å². The van der Waals surface area contributed by atoms with Crippen molar-refractivity contribution in [2.24, 2.45) is 0 Å². The Kier molecular flexibility index (Phi) is 4.59. The van der Waals surface area contributed by atoms with E-state index in [4.69, 9.17) is 13.9 Å². The van der Waals surface area contributed by atoms with E-state index < -0.39 is 6.29 Å². The molecule has 3 rings (SSSR count). The maximum Gasteiger partial charge on any atom is 0.219 e. The number of aliphatic hydroxyl groups excluding tert-OH is 1. The van der Waals surface area contributed by atoms with Crippen molar-refractivity contribution < 1.29 is 19.0 Å². The lowest BCUT2D eigenvalue weighted by Gasteiger charge is -2.13. The Morgan fingerprint density at radius 2 is 1.80 bits per heavy atom. The summed E-state index contributed by atoms with van der Waals surface area (Å²) in [6, 6.07) is 13.5. The number of hydrogen-bond donors (Lipinski definition) is 1. The van der Waals surface area contributed by atoms with Crippen molar-refractivity contribution in [2.75, 3.05) is 7.11 Å². The molecule has 5 heteroatoms. The van der Waals surface area contributed by atoms with Gasteiger partial charge in [-0.05, 0) is 55.0 Å². The molecule has 3 aromatic rings. The van der Waals surface area contributed by atoms with Crippen molar-refractivity contribution in [3.63, 3.8) is 0 Å². The molecule has 0 spiro atoms. The van der Waals surface area contributed by atoms with Crippen molar-refractivity contribution >= 4 is 11.0 Å². The van der Waals surface area contributed by atoms with Gasteiger partial charge >= 0.3 is 0 Å². The summed E-state index contributed by atoms with van der Waals surface area (Å²) in [5, 5.41) is 10.1. The van der Waals surface area contributed by atoms with Crippen LogP contribution in [0.1, 0.15) is 6.92 Å². The molecule has 0 bridgehead atoms. The Balaban J connectivity index is 1.99. The van der Waals surface area contributed by atoms with E-state index in [-0.39, 0.29) is 5.43 Å². The second kappa shape index (κ2) is 6.83. The summed E-state index contributed by atoms with van der Waals surface area (Å²) in [6.07, 6.45) is -1.12. The number of benzene rings is 2. The highest BCUT2D eigenvalue weighted by atomic mass is 16.6. The van der Waals surface area contributed by atoms with Crippen molar-refractivity contribution in [3.05, 3.63) is 70.9 Å². The van der Waals surface area contributed by atoms with Gasteiger partial charge in [-0.25, -0.2) is 0 Å². The number of hydrogen-bond acceptors (Lipinski definition) is 5. The first-order valence-corrected chi connectivity index (χ1v) is 7.70. The van der Waals surface area contributed by atoms with Crippen LogP contribution in [0.15, 0.2) is 69.9 Å². The minimum Gasteiger partial charge on any atom is -0.497 e. The molecule has 0 radical (unpaired) electrons. The topological polar surface area (TPSA) is 68.9 Å². The van der Waals surface area contributed by atoms with E-state index in [0.717, 1.165) is 11.3 Å². The minimum atomic E-state index is -1.12. The van der Waals surface area contributed by atoms with Gasteiger partial charge in [-0.15, -0.1) is 0 Å². The summed E-state index contributed by atoms with van der Waals surface area (Å²) in [4.78, 5) is 12.4. The predicted octanol–water partition coefficient (Wildman–Crippen LogP) is 3.74. The van der Waals surface area contributed by atoms with E-state index in [1.54, 1.807) is 44.4 Å². The fourth-order valence-electron chi connectivity index (χ4n) is 2.34. The highest BCUT2D eigenvalue weighted by molar-refractivity contribution is 5.80. The van der Waals surface area contributed by atoms with Crippen LogP contribution in [-0.4, -0.2) is 18.5 Å². The number of aliphatic hydroxyl groups is 1. The monoisotopic (exact) mass is 338 g/mol. The third-order valence-electron chi connectivity index (χ3n) is 3.74. The normalized spacial score (nSPS) is 12.0. The Bertz CT molecular complexity index is 970. The van der Waals surface area contributed by atoms with E-state index >= 15 is 0 Å². The maximum absolute atomic E-state index is 12.4. The Labute approximate surface area is 144 Å². The van der Waals surface area contributed by atoms with Crippen molar-refractivity contribution in [3.8, 4) is 22.8 Å². The standard InChI is InChI=1S/C20H18O5/c1-12(2)20(22)24-15-8-9-18-16(10-15)17(21)11-19(25-18)13-4-6-14(23-3)7-5-13/h4-11,20,22H,1H2,2-3H3. The molecule has 0 aliphatic heterocycles. The molecular formula is C20H18O5. The van der Waals surface area contributed by atoms with E-state index in [1.165, 1.54) is 6.07 Å². The van der Waals surface area contributed by atoms with E-state index in [1.807, 2.05) is 12.1 Å². The predicted molar refractivity (Wildman–Crippen MR) is 95.9 cm³/mol. The van der Waals surface area contributed by atoms with Crippen LogP contribution in [0.2, 0.25) is 0 Å². The summed E-state index contributed by atoms with van der Waals surface area (Å²) in [7, 11) is 1.59. The van der Waals surface area contributed by atoms with Gasteiger partial charge in [-0.1, -0.05) is 6.58 Å². The molecule has 128 valence electrons. The van der Waals surface area contributed by atoms with Gasteiger partial charge in [-0.3, -0.25) is 4.79 Å². The van der Waals surface area contributed by atoms with Gasteiger partial charge in [0.1, 0.15) is 22.8 Å². The largest absolute Gasteiger partial charge is 0.497 e. The van der Waals surface area contributed by atoms with Gasteiger partial charge in [0.05, 0.1) is 12.5 Å². The lowest BCUT2D eigenvalue weighted by Crippen LogP contribution is -2.16. The first-order chi connectivity index (χ1) is 12.0. The second-order valence-corrected chi connectivity index (χ2v) is 5.68. The molecule has 0 fully saturated rings. The van der Waals surface area contributed by atoms with Crippen LogP contribution in [-0.2, 0) is 0 Å². The molecule has 1 unspecified atom stereocenters. The molecule has 2 aromatic carbocycles. The number of ether oxygens (including phenoxy) is 2. The number of rotatable bonds is 5. The SMILES string of the molecule is C=C(C)C(O)Oc1ccc2oc(-c3ccc(OC)cc3)cc(=O)c2c1. The van der Waals surface area contributed by atoms with Crippen molar-refractivity contribution in [1.29, 1.82) is 0 Å². The highest BCUT2D eigenvalue weighted by Gasteiger charge is 2.11. The quantitative estimate of drug-likeness (QED) is 0.567. The summed E-state index contributed by atoms with van der Waals surface area (Å²) < 4.78 is 16.3. The molecule has 0 aliphatic rings. The Morgan fingerprint density at radius 3 is 2.44 bits per heavy atom. The van der Waals surface area contributed by atoms with E-state index in [0.29, 0.717) is 28.1 Å². The van der Waals surface area contributed by atoms with Gasteiger partial charge < -0.3 is 19.0 Å². The summed E-state index contributed by atoms with van der Waals surface area (Å²) >= 11 is 0. The fourth-order valence-corrected chi connectivity index (χ4v) is 2.34. The lowest BCUT2D eigenvalue weighted by atomic mass is 10.1. The van der Waals surface area contributed by atoms with Crippen LogP contribution in [0.25, 0.3) is 22.3 Å². The Morgan fingerprint density at radius 1 is 1.12 bits per heavy atom. The smallest absolute Gasteiger partial charge is 0.219 e. The third-order valence-corrected chi connectivity index (χ3v) is 3.74. The highest BCUT2D eigenvalue weighted by Crippen LogP contribution is 2.26. The van der Waals surface area contributed by atoms with Gasteiger partial charge in [0.2, 0.25) is 6.29 Å². The molecule has 0 aliphatic carbocycles. The van der Waals surface area contributed by atoms with Gasteiger partial charge in [0, 0.05) is 11.6 Å². The first kappa shape index (κ1) is 16.8. The van der Waals surface area contributed by atoms with Gasteiger partial charge in [0.25, 0.3) is 0 Å². The van der Waals surface area contributed by atoms with Gasteiger partial charge in [0.15, 0.2) is 5.43 Å². The molecule has 1 N–H and O–H groups in total. The van der Waals surface area contributed by atoms with Gasteiger partial charge in [-0.2, -0.15) is 0 Å². The zero-order chi connectivity index (χ0) is 18.0. The molecule has 0 saturated carbocycles. The number of methoxy groups -OCH3 is 1. The molecule has 1 heterocycles. The van der Waals surface area contributed by atoms with Crippen molar-refractivity contribution in [1.82, 2.24) is 0 Å². The van der Waals surface area contributed by atoms with E-state index in [9.17, 15) is 9.90 Å². The van der Waals surface area contributed by atoms with Crippen LogP contribution >= 0.6 is 0 Å². The molecule has 25 heavy (non-hydrogen) atoms. The molecule has 1 aromatic heterocycles. The van der Waals surface area contributed by atoms with E-state index in [2.05, 4.69) is 6.58 Å². The first-order valence-electron chi connectivity index (χ1n) is 7.70.